The molecule has 1 atom stereocenters. The number of carboxylic acid groups (broad SMARTS) is 1. The minimum absolute atomic E-state index is 0.340. The molecule has 0 aliphatic rings. The molecule has 0 saturated carbocycles. The zero-order valence-corrected chi connectivity index (χ0v) is 9.72. The number of aliphatic carboxylic acids is 1. The molecular weight excluding hydrogens is 222 g/mol. The monoisotopic (exact) mass is 239 g/mol. The molecule has 1 aromatic rings. The molecular formula is C11H17N3O3. The van der Waals surface area contributed by atoms with Crippen LogP contribution in [0.15, 0.2) is 18.5 Å². The molecule has 94 valence electrons. The summed E-state index contributed by atoms with van der Waals surface area (Å²) in [6, 6.07) is 0.957. The largest absolute Gasteiger partial charge is 0.481 e. The van der Waals surface area contributed by atoms with Crippen molar-refractivity contribution in [1.82, 2.24) is 9.88 Å². The molecule has 0 aliphatic carbocycles. The average molecular weight is 239 g/mol. The van der Waals surface area contributed by atoms with Gasteiger partial charge in [-0.25, -0.2) is 0 Å². The lowest BCUT2D eigenvalue weighted by Gasteiger charge is -2.20. The number of likely N-dealkylation sites (N-methyl/N-ethyl adjacent to an activating group) is 1. The predicted octanol–water partition coefficient (Wildman–Crippen LogP) is -0.182. The number of nitrogens with zero attached hydrogens (tertiary/aromatic N) is 1. The fourth-order valence-corrected chi connectivity index (χ4v) is 1.48. The van der Waals surface area contributed by atoms with E-state index in [1.807, 2.05) is 18.5 Å². The third-order valence-corrected chi connectivity index (χ3v) is 2.49. The van der Waals surface area contributed by atoms with E-state index in [2.05, 4.69) is 4.98 Å². The molecule has 6 heteroatoms. The van der Waals surface area contributed by atoms with Gasteiger partial charge in [-0.3, -0.25) is 9.59 Å². The zero-order chi connectivity index (χ0) is 12.8. The minimum Gasteiger partial charge on any atom is -0.481 e. The Morgan fingerprint density at radius 1 is 1.59 bits per heavy atom. The summed E-state index contributed by atoms with van der Waals surface area (Å²) < 4.78 is 0. The highest BCUT2D eigenvalue weighted by molar-refractivity contribution is 5.85. The van der Waals surface area contributed by atoms with E-state index in [0.29, 0.717) is 13.0 Å². The number of amides is 1. The first-order valence-corrected chi connectivity index (χ1v) is 5.34. The number of carbonyl (C=O) groups excluding carboxylic acids is 1. The number of aromatic nitrogens is 1. The summed E-state index contributed by atoms with van der Waals surface area (Å²) in [5.41, 5.74) is 6.58. The van der Waals surface area contributed by atoms with Crippen molar-refractivity contribution in [1.29, 1.82) is 0 Å². The lowest BCUT2D eigenvalue weighted by atomic mass is 10.2. The van der Waals surface area contributed by atoms with E-state index in [1.54, 1.807) is 7.05 Å². The van der Waals surface area contributed by atoms with Crippen molar-refractivity contribution in [3.8, 4) is 0 Å². The Morgan fingerprint density at radius 3 is 2.82 bits per heavy atom. The Kier molecular flexibility index (Phi) is 4.71. The number of carboxylic acids is 1. The van der Waals surface area contributed by atoms with E-state index in [0.717, 1.165) is 5.56 Å². The van der Waals surface area contributed by atoms with Gasteiger partial charge < -0.3 is 20.7 Å². The predicted molar refractivity (Wildman–Crippen MR) is 62.4 cm³/mol. The summed E-state index contributed by atoms with van der Waals surface area (Å²) in [5, 5.41) is 8.54. The quantitative estimate of drug-likeness (QED) is 0.641. The van der Waals surface area contributed by atoms with Gasteiger partial charge in [0.05, 0.1) is 12.5 Å². The number of carbonyl (C=O) groups is 2. The maximum Gasteiger partial charge on any atom is 0.305 e. The molecule has 1 heterocycles. The van der Waals surface area contributed by atoms with E-state index in [9.17, 15) is 9.59 Å². The van der Waals surface area contributed by atoms with Gasteiger partial charge in [0.1, 0.15) is 0 Å². The van der Waals surface area contributed by atoms with Crippen LogP contribution in [-0.2, 0) is 16.0 Å². The van der Waals surface area contributed by atoms with Gasteiger partial charge in [0.2, 0.25) is 5.91 Å². The molecule has 1 rings (SSSR count). The zero-order valence-electron chi connectivity index (χ0n) is 9.72. The summed E-state index contributed by atoms with van der Waals surface area (Å²) in [6.45, 7) is 0.518. The Morgan fingerprint density at radius 2 is 2.29 bits per heavy atom. The first-order chi connectivity index (χ1) is 8.00. The Labute approximate surface area is 99.4 Å². The van der Waals surface area contributed by atoms with Crippen molar-refractivity contribution in [3.05, 3.63) is 24.0 Å². The van der Waals surface area contributed by atoms with E-state index in [-0.39, 0.29) is 12.3 Å². The fourth-order valence-electron chi connectivity index (χ4n) is 1.48. The highest BCUT2D eigenvalue weighted by atomic mass is 16.4. The van der Waals surface area contributed by atoms with Crippen molar-refractivity contribution >= 4 is 11.9 Å². The molecule has 0 fully saturated rings. The highest BCUT2D eigenvalue weighted by Gasteiger charge is 2.20. The van der Waals surface area contributed by atoms with Gasteiger partial charge in [-0.05, 0) is 18.1 Å². The SMILES string of the molecule is CN(CCc1cc[nH]c1)C(=O)C(N)CC(=O)O. The molecule has 0 saturated heterocycles. The van der Waals surface area contributed by atoms with Crippen LogP contribution < -0.4 is 5.73 Å². The third-order valence-electron chi connectivity index (χ3n) is 2.49. The van der Waals surface area contributed by atoms with Gasteiger partial charge in [0, 0.05) is 26.0 Å². The molecule has 1 unspecified atom stereocenters. The van der Waals surface area contributed by atoms with E-state index >= 15 is 0 Å². The lowest BCUT2D eigenvalue weighted by molar-refractivity contribution is -0.141. The first-order valence-electron chi connectivity index (χ1n) is 5.34. The van der Waals surface area contributed by atoms with Gasteiger partial charge in [-0.2, -0.15) is 0 Å². The first kappa shape index (κ1) is 13.2. The summed E-state index contributed by atoms with van der Waals surface area (Å²) in [6.07, 6.45) is 4.04. The van der Waals surface area contributed by atoms with Gasteiger partial charge in [-0.1, -0.05) is 0 Å². The van der Waals surface area contributed by atoms with Crippen molar-refractivity contribution in [2.75, 3.05) is 13.6 Å². The second kappa shape index (κ2) is 6.05. The number of nitrogens with two attached hydrogens (primary N) is 1. The van der Waals surface area contributed by atoms with Crippen LogP contribution in [0.2, 0.25) is 0 Å². The number of hydrogen-bond donors (Lipinski definition) is 3. The van der Waals surface area contributed by atoms with Crippen LogP contribution in [0.1, 0.15) is 12.0 Å². The maximum absolute atomic E-state index is 11.7. The van der Waals surface area contributed by atoms with Crippen molar-refractivity contribution < 1.29 is 14.7 Å². The van der Waals surface area contributed by atoms with Crippen LogP contribution in [0.5, 0.6) is 0 Å². The highest BCUT2D eigenvalue weighted by Crippen LogP contribution is 2.01. The van der Waals surface area contributed by atoms with Crippen LogP contribution >= 0.6 is 0 Å². The maximum atomic E-state index is 11.7. The van der Waals surface area contributed by atoms with Gasteiger partial charge >= 0.3 is 5.97 Å². The molecule has 0 aromatic carbocycles. The topological polar surface area (TPSA) is 99.4 Å². The number of H-pyrrole nitrogens is 1. The van der Waals surface area contributed by atoms with Crippen molar-refractivity contribution in [2.45, 2.75) is 18.9 Å². The van der Waals surface area contributed by atoms with E-state index in [1.165, 1.54) is 4.90 Å². The molecule has 4 N–H and O–H groups in total. The second-order valence-corrected chi connectivity index (χ2v) is 3.93. The number of nitrogens with one attached hydrogen (secondary N) is 1. The van der Waals surface area contributed by atoms with E-state index < -0.39 is 12.0 Å². The minimum atomic E-state index is -1.06. The summed E-state index contributed by atoms with van der Waals surface area (Å²) in [7, 11) is 1.62. The van der Waals surface area contributed by atoms with Crippen LogP contribution in [0.4, 0.5) is 0 Å². The molecule has 0 bridgehead atoms. The molecule has 0 spiro atoms. The number of aromatic amines is 1. The fraction of sp³-hybridized carbons (Fsp3) is 0.455. The average Bonchev–Trinajstić information content (AvgIpc) is 2.76. The molecule has 1 aromatic heterocycles. The van der Waals surface area contributed by atoms with Crippen LogP contribution in [0.25, 0.3) is 0 Å². The molecule has 1 amide bonds. The molecule has 17 heavy (non-hydrogen) atoms. The number of hydrogen-bond acceptors (Lipinski definition) is 3. The third kappa shape index (κ3) is 4.28. The Bertz CT molecular complexity index is 375. The standard InChI is InChI=1S/C11H17N3O3/c1-14(5-3-8-2-4-13-7-8)11(17)9(12)6-10(15)16/h2,4,7,9,13H,3,5-6,12H2,1H3,(H,15,16). The summed E-state index contributed by atoms with van der Waals surface area (Å²) in [4.78, 5) is 26.5. The van der Waals surface area contributed by atoms with Crippen LogP contribution in [0.3, 0.4) is 0 Å². The van der Waals surface area contributed by atoms with Crippen molar-refractivity contribution in [3.63, 3.8) is 0 Å². The molecule has 6 nitrogen and oxygen atoms in total. The smallest absolute Gasteiger partial charge is 0.305 e. The lowest BCUT2D eigenvalue weighted by Crippen LogP contribution is -2.43. The summed E-state index contributed by atoms with van der Waals surface area (Å²) >= 11 is 0. The molecule has 0 radical (unpaired) electrons. The van der Waals surface area contributed by atoms with Gasteiger partial charge in [-0.15, -0.1) is 0 Å². The summed E-state index contributed by atoms with van der Waals surface area (Å²) in [5.74, 6) is -1.41. The van der Waals surface area contributed by atoms with Gasteiger partial charge in [0.15, 0.2) is 0 Å². The molecule has 0 aliphatic heterocycles. The van der Waals surface area contributed by atoms with Crippen LogP contribution in [0, 0.1) is 0 Å². The number of rotatable bonds is 6. The van der Waals surface area contributed by atoms with Crippen LogP contribution in [-0.4, -0.2) is 46.5 Å². The Balaban J connectivity index is 2.38. The van der Waals surface area contributed by atoms with E-state index in [4.69, 9.17) is 10.8 Å². The second-order valence-electron chi connectivity index (χ2n) is 3.93. The normalized spacial score (nSPS) is 12.1. The van der Waals surface area contributed by atoms with Crippen molar-refractivity contribution in [2.24, 2.45) is 5.73 Å². The van der Waals surface area contributed by atoms with Gasteiger partial charge in [0.25, 0.3) is 0 Å². The Hall–Kier alpha value is -1.82.